The SMILES string of the molecule is CSc1ccc(-c2nc3nc[nH]n3c2Nc2ccccc2)cc1. The number of fused-ring (bicyclic) bond motifs is 1. The van der Waals surface area contributed by atoms with E-state index in [-0.39, 0.29) is 0 Å². The standard InChI is InChI=1S/C17H15N5S/c1-23-14-9-7-12(8-10-14)15-16(20-13-5-3-2-4-6-13)22-17(21-15)18-11-19-22/h2-11,20H,1H3,(H,18,19,21). The fourth-order valence-corrected chi connectivity index (χ4v) is 2.89. The number of rotatable bonds is 4. The number of aromatic amines is 1. The summed E-state index contributed by atoms with van der Waals surface area (Å²) in [6, 6.07) is 18.4. The molecule has 2 aromatic carbocycles. The Kier molecular flexibility index (Phi) is 3.51. The van der Waals surface area contributed by atoms with Gasteiger partial charge in [-0.05, 0) is 30.5 Å². The van der Waals surface area contributed by atoms with Gasteiger partial charge in [0.2, 0.25) is 0 Å². The molecule has 0 radical (unpaired) electrons. The van der Waals surface area contributed by atoms with Crippen LogP contribution in [0.3, 0.4) is 0 Å². The van der Waals surface area contributed by atoms with Crippen LogP contribution in [0.5, 0.6) is 0 Å². The molecule has 23 heavy (non-hydrogen) atoms. The van der Waals surface area contributed by atoms with Crippen molar-refractivity contribution >= 4 is 29.0 Å². The number of H-pyrrole nitrogens is 1. The Balaban J connectivity index is 1.82. The second kappa shape index (κ2) is 5.81. The van der Waals surface area contributed by atoms with Gasteiger partial charge in [0.15, 0.2) is 5.82 Å². The molecule has 4 aromatic rings. The van der Waals surface area contributed by atoms with Gasteiger partial charge >= 0.3 is 0 Å². The van der Waals surface area contributed by atoms with Gasteiger partial charge in [-0.1, -0.05) is 30.3 Å². The molecular formula is C17H15N5S. The molecule has 0 atom stereocenters. The molecule has 0 unspecified atom stereocenters. The van der Waals surface area contributed by atoms with E-state index >= 15 is 0 Å². The molecule has 4 rings (SSSR count). The van der Waals surface area contributed by atoms with Crippen molar-refractivity contribution in [3.8, 4) is 11.3 Å². The smallest absolute Gasteiger partial charge is 0.252 e. The number of hydrogen-bond donors (Lipinski definition) is 2. The number of nitrogens with one attached hydrogen (secondary N) is 2. The van der Waals surface area contributed by atoms with E-state index in [0.29, 0.717) is 5.78 Å². The number of para-hydroxylation sites is 1. The summed E-state index contributed by atoms with van der Waals surface area (Å²) >= 11 is 1.73. The van der Waals surface area contributed by atoms with Gasteiger partial charge in [-0.25, -0.2) is 14.5 Å². The van der Waals surface area contributed by atoms with Crippen molar-refractivity contribution in [2.24, 2.45) is 0 Å². The first-order valence-corrected chi connectivity index (χ1v) is 8.46. The summed E-state index contributed by atoms with van der Waals surface area (Å²) in [6.07, 6.45) is 3.71. The molecule has 5 nitrogen and oxygen atoms in total. The van der Waals surface area contributed by atoms with Crippen LogP contribution in [0.4, 0.5) is 11.5 Å². The van der Waals surface area contributed by atoms with Crippen LogP contribution < -0.4 is 5.32 Å². The molecule has 0 aliphatic heterocycles. The van der Waals surface area contributed by atoms with Crippen LogP contribution in [0.15, 0.2) is 65.8 Å². The molecular weight excluding hydrogens is 306 g/mol. The summed E-state index contributed by atoms with van der Waals surface area (Å²) < 4.78 is 1.85. The largest absolute Gasteiger partial charge is 0.338 e. The zero-order chi connectivity index (χ0) is 15.6. The molecule has 0 bridgehead atoms. The number of imidazole rings is 1. The summed E-state index contributed by atoms with van der Waals surface area (Å²) in [5, 5.41) is 6.53. The van der Waals surface area contributed by atoms with E-state index in [4.69, 9.17) is 0 Å². The zero-order valence-electron chi connectivity index (χ0n) is 12.5. The molecule has 0 aliphatic rings. The summed E-state index contributed by atoms with van der Waals surface area (Å²) in [5.74, 6) is 1.52. The van der Waals surface area contributed by atoms with Crippen LogP contribution in [-0.2, 0) is 0 Å². The first-order valence-electron chi connectivity index (χ1n) is 7.23. The van der Waals surface area contributed by atoms with Crippen molar-refractivity contribution < 1.29 is 0 Å². The van der Waals surface area contributed by atoms with Crippen molar-refractivity contribution in [1.82, 2.24) is 19.6 Å². The summed E-state index contributed by atoms with van der Waals surface area (Å²) in [6.45, 7) is 0. The predicted molar refractivity (Wildman–Crippen MR) is 94.3 cm³/mol. The van der Waals surface area contributed by atoms with Gasteiger partial charge in [0, 0.05) is 16.1 Å². The van der Waals surface area contributed by atoms with Gasteiger partial charge in [-0.3, -0.25) is 5.10 Å². The number of thioether (sulfide) groups is 1. The lowest BCUT2D eigenvalue weighted by molar-refractivity contribution is 0.980. The third-order valence-electron chi connectivity index (χ3n) is 3.63. The maximum absolute atomic E-state index is 4.65. The molecule has 0 amide bonds. The van der Waals surface area contributed by atoms with E-state index < -0.39 is 0 Å². The van der Waals surface area contributed by atoms with Gasteiger partial charge in [0.1, 0.15) is 12.0 Å². The minimum Gasteiger partial charge on any atom is -0.338 e. The number of anilines is 2. The third-order valence-corrected chi connectivity index (χ3v) is 4.37. The van der Waals surface area contributed by atoms with E-state index in [2.05, 4.69) is 50.9 Å². The minimum atomic E-state index is 0.646. The number of hydrogen-bond acceptors (Lipinski definition) is 4. The molecule has 6 heteroatoms. The van der Waals surface area contributed by atoms with Crippen LogP contribution in [0.25, 0.3) is 17.0 Å². The summed E-state index contributed by atoms with van der Waals surface area (Å²) in [5.41, 5.74) is 2.94. The highest BCUT2D eigenvalue weighted by Gasteiger charge is 2.16. The molecule has 2 N–H and O–H groups in total. The van der Waals surface area contributed by atoms with Crippen molar-refractivity contribution in [1.29, 1.82) is 0 Å². The normalized spacial score (nSPS) is 11.0. The van der Waals surface area contributed by atoms with Crippen LogP contribution in [0.1, 0.15) is 0 Å². The number of benzene rings is 2. The Bertz CT molecular complexity index is 925. The van der Waals surface area contributed by atoms with Gasteiger partial charge in [0.25, 0.3) is 5.78 Å². The van der Waals surface area contributed by atoms with E-state index in [1.165, 1.54) is 4.90 Å². The Morgan fingerprint density at radius 2 is 1.83 bits per heavy atom. The highest BCUT2D eigenvalue weighted by Crippen LogP contribution is 2.31. The second-order valence-electron chi connectivity index (χ2n) is 5.05. The fraction of sp³-hybridized carbons (Fsp3) is 0.0588. The van der Waals surface area contributed by atoms with E-state index in [9.17, 15) is 0 Å². The van der Waals surface area contributed by atoms with E-state index in [0.717, 1.165) is 22.8 Å². The Morgan fingerprint density at radius 1 is 1.04 bits per heavy atom. The molecule has 0 spiro atoms. The second-order valence-corrected chi connectivity index (χ2v) is 5.93. The Labute approximate surface area is 137 Å². The lowest BCUT2D eigenvalue weighted by Crippen LogP contribution is -1.97. The molecule has 0 aliphatic carbocycles. The van der Waals surface area contributed by atoms with Gasteiger partial charge in [-0.15, -0.1) is 11.8 Å². The van der Waals surface area contributed by atoms with Gasteiger partial charge in [0.05, 0.1) is 0 Å². The van der Waals surface area contributed by atoms with Crippen molar-refractivity contribution in [2.45, 2.75) is 4.90 Å². The van der Waals surface area contributed by atoms with Gasteiger partial charge < -0.3 is 5.32 Å². The lowest BCUT2D eigenvalue weighted by atomic mass is 10.1. The minimum absolute atomic E-state index is 0.646. The fourth-order valence-electron chi connectivity index (χ4n) is 2.49. The van der Waals surface area contributed by atoms with Crippen molar-refractivity contribution in [3.05, 3.63) is 60.9 Å². The van der Waals surface area contributed by atoms with E-state index in [1.54, 1.807) is 18.1 Å². The number of aromatic nitrogens is 4. The molecule has 0 saturated carbocycles. The first kappa shape index (κ1) is 13.9. The average molecular weight is 321 g/mol. The van der Waals surface area contributed by atoms with Crippen LogP contribution in [-0.4, -0.2) is 25.8 Å². The summed E-state index contributed by atoms with van der Waals surface area (Å²) in [7, 11) is 0. The van der Waals surface area contributed by atoms with Crippen LogP contribution in [0.2, 0.25) is 0 Å². The quantitative estimate of drug-likeness (QED) is 0.553. The first-order chi connectivity index (χ1) is 11.3. The molecule has 114 valence electrons. The molecule has 2 aromatic heterocycles. The Morgan fingerprint density at radius 3 is 2.57 bits per heavy atom. The average Bonchev–Trinajstić information content (AvgIpc) is 3.19. The van der Waals surface area contributed by atoms with Crippen molar-refractivity contribution in [3.63, 3.8) is 0 Å². The highest BCUT2D eigenvalue weighted by atomic mass is 32.2. The van der Waals surface area contributed by atoms with Crippen LogP contribution in [0, 0.1) is 0 Å². The zero-order valence-corrected chi connectivity index (χ0v) is 13.3. The maximum Gasteiger partial charge on any atom is 0.252 e. The summed E-state index contributed by atoms with van der Waals surface area (Å²) in [4.78, 5) is 10.1. The predicted octanol–water partition coefficient (Wildman–Crippen LogP) is 4.19. The van der Waals surface area contributed by atoms with E-state index in [1.807, 2.05) is 34.8 Å². The Hall–Kier alpha value is -2.73. The molecule has 2 heterocycles. The number of nitrogens with zero attached hydrogens (tertiary/aromatic N) is 3. The van der Waals surface area contributed by atoms with Gasteiger partial charge in [-0.2, -0.15) is 0 Å². The molecule has 0 fully saturated rings. The topological polar surface area (TPSA) is 58.0 Å². The van der Waals surface area contributed by atoms with Crippen LogP contribution >= 0.6 is 11.8 Å². The highest BCUT2D eigenvalue weighted by molar-refractivity contribution is 7.98. The third kappa shape index (κ3) is 2.57. The maximum atomic E-state index is 4.65. The van der Waals surface area contributed by atoms with Crippen molar-refractivity contribution in [2.75, 3.05) is 11.6 Å². The molecule has 0 saturated heterocycles. The monoisotopic (exact) mass is 321 g/mol. The lowest BCUT2D eigenvalue weighted by Gasteiger charge is -2.08.